The molecule has 0 fully saturated rings. The van der Waals surface area contributed by atoms with Gasteiger partial charge in [-0.15, -0.1) is 0 Å². The topological polar surface area (TPSA) is 69.4 Å². The quantitative estimate of drug-likeness (QED) is 0.238. The van der Waals surface area contributed by atoms with Crippen LogP contribution in [-0.2, 0) is 9.53 Å². The van der Waals surface area contributed by atoms with Crippen LogP contribution in [0.4, 0.5) is 0 Å². The first-order valence-electron chi connectivity index (χ1n) is 5.17. The third-order valence-electron chi connectivity index (χ3n) is 2.17. The fourth-order valence-electron chi connectivity index (χ4n) is 1.33. The number of allylic oxidation sites excluding steroid dienone is 2. The number of nitro groups is 1. The molecule has 0 aliphatic rings. The Morgan fingerprint density at radius 2 is 2.00 bits per heavy atom. The third kappa shape index (κ3) is 3.49. The van der Waals surface area contributed by atoms with Gasteiger partial charge in [-0.05, 0) is 25.8 Å². The lowest BCUT2D eigenvalue weighted by Gasteiger charge is -2.08. The van der Waals surface area contributed by atoms with E-state index in [1.165, 1.54) is 6.92 Å². The van der Waals surface area contributed by atoms with Gasteiger partial charge in [-0.25, -0.2) is 4.79 Å². The van der Waals surface area contributed by atoms with Crippen LogP contribution in [0.1, 0.15) is 34.1 Å². The predicted molar refractivity (Wildman–Crippen MR) is 60.4 cm³/mol. The first-order chi connectivity index (χ1) is 7.49. The number of nitrogens with zero attached hydrogens (tertiary/aromatic N) is 1. The number of carbonyl (C=O) groups excluding carboxylic acids is 1. The van der Waals surface area contributed by atoms with E-state index in [0.29, 0.717) is 12.0 Å². The van der Waals surface area contributed by atoms with Crippen molar-refractivity contribution in [2.75, 3.05) is 6.61 Å². The second-order valence-corrected chi connectivity index (χ2v) is 3.11. The van der Waals surface area contributed by atoms with Gasteiger partial charge in [0.2, 0.25) is 0 Å². The summed E-state index contributed by atoms with van der Waals surface area (Å²) in [4.78, 5) is 21.8. The van der Waals surface area contributed by atoms with E-state index < -0.39 is 10.9 Å². The monoisotopic (exact) mass is 227 g/mol. The minimum atomic E-state index is -0.633. The number of ether oxygens (including phenoxy) is 1. The Morgan fingerprint density at radius 1 is 1.44 bits per heavy atom. The highest BCUT2D eigenvalue weighted by Gasteiger charge is 2.24. The van der Waals surface area contributed by atoms with Gasteiger partial charge in [-0.2, -0.15) is 0 Å². The molecule has 0 spiro atoms. The molecule has 0 N–H and O–H groups in total. The number of rotatable bonds is 5. The van der Waals surface area contributed by atoms with Gasteiger partial charge in [0.25, 0.3) is 5.70 Å². The Balaban J connectivity index is 5.47. The number of esters is 1. The highest BCUT2D eigenvalue weighted by Crippen LogP contribution is 2.20. The molecule has 90 valence electrons. The zero-order valence-electron chi connectivity index (χ0n) is 10.1. The lowest BCUT2D eigenvalue weighted by Crippen LogP contribution is -2.14. The molecule has 5 nitrogen and oxygen atoms in total. The lowest BCUT2D eigenvalue weighted by atomic mass is 10.0. The summed E-state index contributed by atoms with van der Waals surface area (Å²) >= 11 is 0. The molecule has 0 radical (unpaired) electrons. The van der Waals surface area contributed by atoms with Crippen LogP contribution >= 0.6 is 0 Å². The van der Waals surface area contributed by atoms with Gasteiger partial charge < -0.3 is 4.74 Å². The molecule has 0 aliphatic heterocycles. The highest BCUT2D eigenvalue weighted by atomic mass is 16.6. The van der Waals surface area contributed by atoms with Crippen LogP contribution in [0.25, 0.3) is 0 Å². The maximum Gasteiger partial charge on any atom is 0.345 e. The normalized spacial score (nSPS) is 13.1. The van der Waals surface area contributed by atoms with Crippen LogP contribution in [0.15, 0.2) is 22.9 Å². The summed E-state index contributed by atoms with van der Waals surface area (Å²) in [6.45, 7) is 6.75. The molecule has 0 bridgehead atoms. The summed E-state index contributed by atoms with van der Waals surface area (Å²) in [6.07, 6.45) is 2.25. The summed E-state index contributed by atoms with van der Waals surface area (Å²) in [6, 6.07) is 0. The average Bonchev–Trinajstić information content (AvgIpc) is 2.24. The molecule has 0 atom stereocenters. The van der Waals surface area contributed by atoms with Crippen LogP contribution in [0.5, 0.6) is 0 Å². The molecule has 0 aromatic rings. The van der Waals surface area contributed by atoms with Crippen molar-refractivity contribution >= 4 is 5.97 Å². The summed E-state index contributed by atoms with van der Waals surface area (Å²) in [7, 11) is 0. The molecular formula is C11H17NO4. The van der Waals surface area contributed by atoms with Crippen molar-refractivity contribution in [3.8, 4) is 0 Å². The molecule has 0 saturated carbocycles. The van der Waals surface area contributed by atoms with Crippen molar-refractivity contribution in [3.63, 3.8) is 0 Å². The van der Waals surface area contributed by atoms with Gasteiger partial charge in [-0.3, -0.25) is 10.1 Å². The summed E-state index contributed by atoms with van der Waals surface area (Å²) < 4.78 is 4.82. The Morgan fingerprint density at radius 3 is 2.31 bits per heavy atom. The SMILES string of the molecule is C/C=C(CC)\C(C(=O)OCC)=C(/C)[N+](=O)[O-]. The van der Waals surface area contributed by atoms with E-state index >= 15 is 0 Å². The smallest absolute Gasteiger partial charge is 0.345 e. The fraction of sp³-hybridized carbons (Fsp3) is 0.545. The molecule has 5 heteroatoms. The van der Waals surface area contributed by atoms with Gasteiger partial charge in [0.1, 0.15) is 5.57 Å². The average molecular weight is 227 g/mol. The van der Waals surface area contributed by atoms with Gasteiger partial charge in [0, 0.05) is 6.92 Å². The first kappa shape index (κ1) is 14.3. The Labute approximate surface area is 94.9 Å². The maximum atomic E-state index is 11.6. The zero-order valence-corrected chi connectivity index (χ0v) is 10.1. The van der Waals surface area contributed by atoms with E-state index in [4.69, 9.17) is 4.74 Å². The van der Waals surface area contributed by atoms with E-state index in [9.17, 15) is 14.9 Å². The van der Waals surface area contributed by atoms with E-state index in [1.54, 1.807) is 19.9 Å². The minimum Gasteiger partial charge on any atom is -0.462 e. The molecule has 0 saturated heterocycles. The van der Waals surface area contributed by atoms with Gasteiger partial charge in [0.15, 0.2) is 0 Å². The number of hydrogen-bond donors (Lipinski definition) is 0. The van der Waals surface area contributed by atoms with E-state index in [0.717, 1.165) is 0 Å². The second kappa shape index (κ2) is 6.76. The molecule has 0 aliphatic carbocycles. The van der Waals surface area contributed by atoms with Crippen molar-refractivity contribution in [2.45, 2.75) is 34.1 Å². The van der Waals surface area contributed by atoms with Crippen LogP contribution < -0.4 is 0 Å². The molecule has 0 rings (SSSR count). The van der Waals surface area contributed by atoms with Crippen molar-refractivity contribution in [1.29, 1.82) is 0 Å². The Hall–Kier alpha value is -1.65. The van der Waals surface area contributed by atoms with Crippen LogP contribution in [0.3, 0.4) is 0 Å². The van der Waals surface area contributed by atoms with Crippen molar-refractivity contribution in [1.82, 2.24) is 0 Å². The molecule has 0 heterocycles. The van der Waals surface area contributed by atoms with Crippen LogP contribution in [0.2, 0.25) is 0 Å². The van der Waals surface area contributed by atoms with Crippen molar-refractivity contribution in [3.05, 3.63) is 33.0 Å². The molecule has 0 aromatic carbocycles. The molecule has 0 amide bonds. The molecule has 0 aromatic heterocycles. The largest absolute Gasteiger partial charge is 0.462 e. The maximum absolute atomic E-state index is 11.6. The van der Waals surface area contributed by atoms with Crippen LogP contribution in [0, 0.1) is 10.1 Å². The first-order valence-corrected chi connectivity index (χ1v) is 5.17. The molecule has 16 heavy (non-hydrogen) atoms. The highest BCUT2D eigenvalue weighted by molar-refractivity contribution is 5.93. The van der Waals surface area contributed by atoms with Gasteiger partial charge >= 0.3 is 5.97 Å². The molecule has 0 unspecified atom stereocenters. The Kier molecular flexibility index (Phi) is 6.07. The third-order valence-corrected chi connectivity index (χ3v) is 2.17. The number of hydrogen-bond acceptors (Lipinski definition) is 4. The second-order valence-electron chi connectivity index (χ2n) is 3.11. The molecular weight excluding hydrogens is 210 g/mol. The van der Waals surface area contributed by atoms with E-state index in [-0.39, 0.29) is 17.9 Å². The van der Waals surface area contributed by atoms with Crippen molar-refractivity contribution in [2.24, 2.45) is 0 Å². The van der Waals surface area contributed by atoms with E-state index in [1.807, 2.05) is 6.92 Å². The standard InChI is InChI=1S/C11H17NO4/c1-5-9(6-2)10(8(4)12(14)15)11(13)16-7-3/h5H,6-7H2,1-4H3/b9-5-,10-8-. The van der Waals surface area contributed by atoms with Crippen LogP contribution in [-0.4, -0.2) is 17.5 Å². The van der Waals surface area contributed by atoms with E-state index in [2.05, 4.69) is 0 Å². The Bertz CT molecular complexity index is 342. The van der Waals surface area contributed by atoms with Crippen molar-refractivity contribution < 1.29 is 14.5 Å². The summed E-state index contributed by atoms with van der Waals surface area (Å²) in [5, 5.41) is 10.7. The zero-order chi connectivity index (χ0) is 12.7. The summed E-state index contributed by atoms with van der Waals surface area (Å²) in [5.41, 5.74) is 0.526. The lowest BCUT2D eigenvalue weighted by molar-refractivity contribution is -0.425. The van der Waals surface area contributed by atoms with Gasteiger partial charge in [-0.1, -0.05) is 13.0 Å². The number of carbonyl (C=O) groups is 1. The minimum absolute atomic E-state index is 0.0665. The van der Waals surface area contributed by atoms with Gasteiger partial charge in [0.05, 0.1) is 11.5 Å². The fourth-order valence-corrected chi connectivity index (χ4v) is 1.33. The predicted octanol–water partition coefficient (Wildman–Crippen LogP) is 2.46. The summed E-state index contributed by atoms with van der Waals surface area (Å²) in [5.74, 6) is -0.633.